The van der Waals surface area contributed by atoms with Gasteiger partial charge < -0.3 is 19.6 Å². The van der Waals surface area contributed by atoms with Gasteiger partial charge in [0.2, 0.25) is 0 Å². The molecule has 2 atom stereocenters. The number of nitrogens with zero attached hydrogens (tertiary/aromatic N) is 5. The Morgan fingerprint density at radius 2 is 2.58 bits per heavy atom. The van der Waals surface area contributed by atoms with Crippen LogP contribution < -0.4 is 4.90 Å². The van der Waals surface area contributed by atoms with Gasteiger partial charge in [-0.25, -0.2) is 16.5 Å². The van der Waals surface area contributed by atoms with Gasteiger partial charge in [0.25, 0.3) is 6.50 Å². The van der Waals surface area contributed by atoms with Crippen molar-refractivity contribution in [3.63, 3.8) is 0 Å². The summed E-state index contributed by atoms with van der Waals surface area (Å²) in [5.74, 6) is -2.06. The Balaban J connectivity index is 2.21. The van der Waals surface area contributed by atoms with Gasteiger partial charge in [-0.15, -0.1) is 0 Å². The fraction of sp³-hybridized carbons (Fsp3) is 0.529. The van der Waals surface area contributed by atoms with Crippen molar-refractivity contribution in [2.45, 2.75) is 26.3 Å². The molecule has 1 aliphatic rings. The Labute approximate surface area is 152 Å². The van der Waals surface area contributed by atoms with Gasteiger partial charge >= 0.3 is 5.91 Å². The number of aryl methyl sites for hydroxylation is 1. The lowest BCUT2D eigenvalue weighted by Crippen LogP contribution is -2.53. The summed E-state index contributed by atoms with van der Waals surface area (Å²) in [5.41, 5.74) is 0.463. The monoisotopic (exact) mass is 334 g/mol. The van der Waals surface area contributed by atoms with Crippen LogP contribution in [0, 0.1) is 19.4 Å². The van der Waals surface area contributed by atoms with Crippen LogP contribution in [0.15, 0.2) is 12.3 Å². The first-order valence-corrected chi connectivity index (χ1v) is 7.45. The number of carbonyl (C=O) groups excluding carboxylic acids is 1. The molecular weight excluding hydrogens is 304 g/mol. The Morgan fingerprint density at radius 3 is 3.33 bits per heavy atom. The lowest BCUT2D eigenvalue weighted by atomic mass is 9.92. The average Bonchev–Trinajstić information content (AvgIpc) is 2.96. The Morgan fingerprint density at radius 1 is 1.75 bits per heavy atom. The van der Waals surface area contributed by atoms with Crippen LogP contribution in [0.3, 0.4) is 0 Å². The van der Waals surface area contributed by atoms with Crippen LogP contribution in [0.5, 0.6) is 0 Å². The van der Waals surface area contributed by atoms with E-state index >= 15 is 0 Å². The van der Waals surface area contributed by atoms with Crippen molar-refractivity contribution in [2.75, 3.05) is 31.5 Å². The number of hydrogen-bond donors (Lipinski definition) is 1. The predicted molar refractivity (Wildman–Crippen MR) is 92.6 cm³/mol. The third-order valence-corrected chi connectivity index (χ3v) is 4.09. The molecule has 0 saturated carbocycles. The highest BCUT2D eigenvalue weighted by atomic mass is 16.2. The summed E-state index contributed by atoms with van der Waals surface area (Å²) in [5, 5.41) is 0.0355. The van der Waals surface area contributed by atoms with Crippen molar-refractivity contribution < 1.29 is 15.8 Å². The molecule has 2 aromatic heterocycles. The average molecular weight is 334 g/mol. The van der Waals surface area contributed by atoms with Gasteiger partial charge in [-0.2, -0.15) is 0 Å². The van der Waals surface area contributed by atoms with E-state index in [-0.39, 0.29) is 35.9 Å². The normalized spacial score (nSPS) is 29.9. The summed E-state index contributed by atoms with van der Waals surface area (Å²) in [6.07, 6.45) is -0.329. The number of aromatic amines is 1. The maximum atomic E-state index is 12.6. The van der Waals surface area contributed by atoms with Crippen LogP contribution in [0.25, 0.3) is 15.9 Å². The number of anilines is 1. The molecular formula is C17H22N6O. The minimum atomic E-state index is -2.95. The van der Waals surface area contributed by atoms with Crippen molar-refractivity contribution in [3.8, 4) is 0 Å². The second kappa shape index (κ2) is 6.48. The highest BCUT2D eigenvalue weighted by molar-refractivity contribution is 5.88. The Hall–Kier alpha value is -2.62. The van der Waals surface area contributed by atoms with Gasteiger partial charge in [-0.1, -0.05) is 6.92 Å². The fourth-order valence-corrected chi connectivity index (χ4v) is 2.77. The van der Waals surface area contributed by atoms with Crippen molar-refractivity contribution in [3.05, 3.63) is 29.5 Å². The molecule has 0 radical (unpaired) electrons. The lowest BCUT2D eigenvalue weighted by molar-refractivity contribution is -0.130. The van der Waals surface area contributed by atoms with Gasteiger partial charge in [0, 0.05) is 29.9 Å². The Kier molecular flexibility index (Phi) is 2.43. The van der Waals surface area contributed by atoms with Crippen molar-refractivity contribution >= 4 is 22.8 Å². The number of fused-ring (bicyclic) bond motifs is 1. The molecule has 3 rings (SSSR count). The van der Waals surface area contributed by atoms with E-state index in [1.54, 1.807) is 13.8 Å². The highest BCUT2D eigenvalue weighted by Crippen LogP contribution is 2.29. The first-order chi connectivity index (χ1) is 14.6. The fourth-order valence-electron chi connectivity index (χ4n) is 2.77. The second-order valence-electron chi connectivity index (χ2n) is 5.71. The zero-order chi connectivity index (χ0) is 24.2. The number of amides is 1. The maximum Gasteiger partial charge on any atom is 0.302 e. The standard InChI is InChI=1S/C17H22N6O/c1-11-5-6-23(15(24)8-18-3)9-14(11)22(4)17-13-7-12(2)21-16(13)19-10-20-17/h7,10-11,14H,5-6,8-9H2,1-2,4H3,(H,19,20,21)/t11-,14+/m1/s1/i4D3,7D,8D2,10D,14D. The molecule has 1 fully saturated rings. The van der Waals surface area contributed by atoms with E-state index in [4.69, 9.17) is 17.5 Å². The van der Waals surface area contributed by atoms with Crippen molar-refractivity contribution in [1.29, 1.82) is 0 Å². The summed E-state index contributed by atoms with van der Waals surface area (Å²) in [6.45, 7) is 3.93. The third-order valence-electron chi connectivity index (χ3n) is 4.09. The molecule has 7 heteroatoms. The molecule has 0 aliphatic carbocycles. The number of H-pyrrole nitrogens is 1. The van der Waals surface area contributed by atoms with Crippen LogP contribution in [0.1, 0.15) is 30.0 Å². The van der Waals surface area contributed by atoms with E-state index in [1.165, 1.54) is 0 Å². The zero-order valence-electron chi connectivity index (χ0n) is 21.3. The summed E-state index contributed by atoms with van der Waals surface area (Å²) in [4.78, 5) is 27.7. The molecule has 1 aliphatic heterocycles. The SMILES string of the molecule is [2H]c1nc(N(C([2H])([2H])[2H])[C@@]2([2H])CN(C(=O)C([2H])([2H])[N+]#[C-])CC[C@H]2C)c2c([2H])c(C)[nH]c2n1. The van der Waals surface area contributed by atoms with Crippen LogP contribution in [-0.4, -0.2) is 58.3 Å². The summed E-state index contributed by atoms with van der Waals surface area (Å²) >= 11 is 0. The first-order valence-electron chi connectivity index (χ1n) is 11.5. The number of aromatic nitrogens is 3. The molecule has 0 unspecified atom stereocenters. The highest BCUT2D eigenvalue weighted by Gasteiger charge is 2.33. The van der Waals surface area contributed by atoms with Crippen LogP contribution in [0.2, 0.25) is 0 Å². The largest absolute Gasteiger partial charge is 0.354 e. The Bertz CT molecular complexity index is 1110. The van der Waals surface area contributed by atoms with E-state index < -0.39 is 44.2 Å². The van der Waals surface area contributed by atoms with E-state index in [0.29, 0.717) is 10.6 Å². The molecule has 0 aromatic carbocycles. The number of nitrogens with one attached hydrogen (secondary N) is 1. The second-order valence-corrected chi connectivity index (χ2v) is 5.71. The molecule has 2 aromatic rings. The maximum absolute atomic E-state index is 12.6. The first kappa shape index (κ1) is 9.02. The van der Waals surface area contributed by atoms with E-state index in [0.717, 1.165) is 4.90 Å². The van der Waals surface area contributed by atoms with Gasteiger partial charge in [0.05, 0.1) is 14.1 Å². The zero-order valence-corrected chi connectivity index (χ0v) is 13.3. The topological polar surface area (TPSA) is 69.5 Å². The minimum Gasteiger partial charge on any atom is -0.354 e. The van der Waals surface area contributed by atoms with Crippen LogP contribution >= 0.6 is 0 Å². The van der Waals surface area contributed by atoms with E-state index in [2.05, 4.69) is 19.8 Å². The number of rotatable bonds is 3. The van der Waals surface area contributed by atoms with Crippen LogP contribution in [-0.2, 0) is 4.79 Å². The number of piperidine rings is 1. The van der Waals surface area contributed by atoms with E-state index in [1.807, 2.05) is 0 Å². The number of hydrogen-bond acceptors (Lipinski definition) is 4. The lowest BCUT2D eigenvalue weighted by Gasteiger charge is -2.41. The molecule has 1 N–H and O–H groups in total. The molecule has 1 amide bonds. The number of likely N-dealkylation sites (tertiary alicyclic amines) is 1. The van der Waals surface area contributed by atoms with E-state index in [9.17, 15) is 4.79 Å². The molecule has 7 nitrogen and oxygen atoms in total. The smallest absolute Gasteiger partial charge is 0.302 e. The third kappa shape index (κ3) is 2.92. The van der Waals surface area contributed by atoms with Gasteiger partial charge in [0.1, 0.15) is 21.9 Å². The minimum absolute atomic E-state index is 0.0355. The molecule has 3 heterocycles. The molecule has 0 spiro atoms. The summed E-state index contributed by atoms with van der Waals surface area (Å²) in [7, 11) is 0. The molecule has 0 bridgehead atoms. The van der Waals surface area contributed by atoms with Crippen molar-refractivity contribution in [1.82, 2.24) is 19.9 Å². The quantitative estimate of drug-likeness (QED) is 0.870. The predicted octanol–water partition coefficient (Wildman–Crippen LogP) is 1.86. The van der Waals surface area contributed by atoms with Gasteiger partial charge in [-0.05, 0) is 25.3 Å². The molecule has 24 heavy (non-hydrogen) atoms. The summed E-state index contributed by atoms with van der Waals surface area (Å²) < 4.78 is 65.1. The van der Waals surface area contributed by atoms with Crippen LogP contribution in [0.4, 0.5) is 5.82 Å². The number of likely N-dealkylation sites (N-methyl/N-ethyl adjacent to an activating group) is 1. The van der Waals surface area contributed by atoms with Gasteiger partial charge in [0.15, 0.2) is 0 Å². The summed E-state index contributed by atoms with van der Waals surface area (Å²) in [6, 6.07) is -2.09. The van der Waals surface area contributed by atoms with Crippen molar-refractivity contribution in [2.24, 2.45) is 5.92 Å². The number of carbonyl (C=O) groups is 1. The molecule has 126 valence electrons. The van der Waals surface area contributed by atoms with Gasteiger partial charge in [-0.3, -0.25) is 4.79 Å². The molecule has 1 saturated heterocycles.